The number of hydrogen-bond donors (Lipinski definition) is 0. The highest BCUT2D eigenvalue weighted by Crippen LogP contribution is 2.60. The van der Waals surface area contributed by atoms with E-state index in [2.05, 4.69) is 0 Å². The minimum atomic E-state index is -3.88. The number of carbonyl (C=O) groups excluding carboxylic acids is 1. The van der Waals surface area contributed by atoms with Gasteiger partial charge in [0, 0.05) is 24.6 Å². The van der Waals surface area contributed by atoms with Crippen LogP contribution in [0.3, 0.4) is 0 Å². The van der Waals surface area contributed by atoms with E-state index in [4.69, 9.17) is 9.47 Å². The van der Waals surface area contributed by atoms with E-state index in [1.165, 1.54) is 35.7 Å². The maximum absolute atomic E-state index is 13.5. The molecule has 1 saturated heterocycles. The molecule has 1 heterocycles. The SMILES string of the molecule is CC(Oc1ccc(S(=O)(=O)N2CCOCC2)cc1[N+](=O)[O-])C(=O)C12CC3CC(CC(C3)C1)C2. The number of rotatable bonds is 7. The van der Waals surface area contributed by atoms with Crippen molar-refractivity contribution in [2.75, 3.05) is 26.3 Å². The third-order valence-electron chi connectivity index (χ3n) is 7.97. The topological polar surface area (TPSA) is 116 Å². The molecule has 1 aliphatic heterocycles. The van der Waals surface area contributed by atoms with Crippen LogP contribution in [-0.4, -0.2) is 55.8 Å². The van der Waals surface area contributed by atoms with Gasteiger partial charge in [-0.3, -0.25) is 14.9 Å². The van der Waals surface area contributed by atoms with E-state index in [-0.39, 0.29) is 48.1 Å². The molecule has 10 heteroatoms. The quantitative estimate of drug-likeness (QED) is 0.436. The smallest absolute Gasteiger partial charge is 0.312 e. The second-order valence-electron chi connectivity index (χ2n) is 10.2. The lowest BCUT2D eigenvalue weighted by molar-refractivity contribution is -0.386. The van der Waals surface area contributed by atoms with Crippen LogP contribution in [0.2, 0.25) is 0 Å². The zero-order chi connectivity index (χ0) is 23.4. The van der Waals surface area contributed by atoms with E-state index in [0.29, 0.717) is 17.8 Å². The molecular formula is C23H30N2O7S. The van der Waals surface area contributed by atoms with Crippen LogP contribution in [0.4, 0.5) is 5.69 Å². The molecule has 1 aromatic rings. The number of benzene rings is 1. The van der Waals surface area contributed by atoms with Crippen molar-refractivity contribution in [3.8, 4) is 5.75 Å². The lowest BCUT2D eigenvalue weighted by Gasteiger charge is -2.56. The summed E-state index contributed by atoms with van der Waals surface area (Å²) < 4.78 is 38.1. The molecule has 9 nitrogen and oxygen atoms in total. The van der Waals surface area contributed by atoms with Gasteiger partial charge in [0.25, 0.3) is 0 Å². The summed E-state index contributed by atoms with van der Waals surface area (Å²) in [4.78, 5) is 24.4. The summed E-state index contributed by atoms with van der Waals surface area (Å²) in [5.74, 6) is 1.76. The van der Waals surface area contributed by atoms with Crippen LogP contribution in [0.15, 0.2) is 23.1 Å². The number of morpholine rings is 1. The van der Waals surface area contributed by atoms with Gasteiger partial charge < -0.3 is 9.47 Å². The molecule has 5 fully saturated rings. The van der Waals surface area contributed by atoms with E-state index in [0.717, 1.165) is 25.3 Å². The molecule has 5 aliphatic rings. The van der Waals surface area contributed by atoms with Crippen LogP contribution < -0.4 is 4.74 Å². The number of nitrogens with zero attached hydrogens (tertiary/aromatic N) is 2. The Bertz CT molecular complexity index is 1030. The van der Waals surface area contributed by atoms with Gasteiger partial charge in [0.1, 0.15) is 0 Å². The van der Waals surface area contributed by atoms with Crippen molar-refractivity contribution in [1.29, 1.82) is 0 Å². The van der Waals surface area contributed by atoms with E-state index < -0.39 is 26.7 Å². The largest absolute Gasteiger partial charge is 0.476 e. The first-order chi connectivity index (χ1) is 15.7. The van der Waals surface area contributed by atoms with Crippen molar-refractivity contribution in [3.63, 3.8) is 0 Å². The van der Waals surface area contributed by atoms with Crippen LogP contribution in [0.5, 0.6) is 5.75 Å². The van der Waals surface area contributed by atoms with Crippen molar-refractivity contribution < 1.29 is 27.6 Å². The third kappa shape index (κ3) is 4.06. The summed E-state index contributed by atoms with van der Waals surface area (Å²) in [5, 5.41) is 11.8. The minimum absolute atomic E-state index is 0.0286. The molecule has 4 saturated carbocycles. The first-order valence-corrected chi connectivity index (χ1v) is 13.2. The molecule has 1 unspecified atom stereocenters. The van der Waals surface area contributed by atoms with Crippen molar-refractivity contribution in [1.82, 2.24) is 4.31 Å². The maximum atomic E-state index is 13.5. The predicted octanol–water partition coefficient (Wildman–Crippen LogP) is 3.17. The number of ketones is 1. The molecule has 0 N–H and O–H groups in total. The van der Waals surface area contributed by atoms with Crippen molar-refractivity contribution in [2.24, 2.45) is 23.2 Å². The molecule has 0 aromatic heterocycles. The van der Waals surface area contributed by atoms with Gasteiger partial charge in [0.2, 0.25) is 10.0 Å². The molecule has 4 bridgehead atoms. The Balaban J connectivity index is 1.37. The third-order valence-corrected chi connectivity index (χ3v) is 9.86. The fraction of sp³-hybridized carbons (Fsp3) is 0.696. The standard InChI is InChI=1S/C23H30N2O7S/c1-15(22(26)23-12-16-8-17(13-23)10-18(9-16)14-23)32-21-3-2-19(11-20(21)25(27)28)33(29,30)24-4-6-31-7-5-24/h2-3,11,15-18H,4-10,12-14H2,1H3. The average molecular weight is 479 g/mol. The van der Waals surface area contributed by atoms with Gasteiger partial charge in [-0.15, -0.1) is 0 Å². The first-order valence-electron chi connectivity index (χ1n) is 11.8. The summed E-state index contributed by atoms with van der Waals surface area (Å²) in [5.41, 5.74) is -0.822. The number of Topliss-reactive ketones (excluding diaryl/α,β-unsaturated/α-hetero) is 1. The fourth-order valence-corrected chi connectivity index (χ4v) is 8.35. The van der Waals surface area contributed by atoms with Crippen molar-refractivity contribution in [3.05, 3.63) is 28.3 Å². The first kappa shape index (κ1) is 22.7. The number of hydrogen-bond acceptors (Lipinski definition) is 7. The summed E-state index contributed by atoms with van der Waals surface area (Å²) in [6.45, 7) is 2.62. The lowest BCUT2D eigenvalue weighted by Crippen LogP contribution is -2.53. The van der Waals surface area contributed by atoms with Crippen molar-refractivity contribution in [2.45, 2.75) is 56.4 Å². The Morgan fingerprint density at radius 1 is 1.15 bits per heavy atom. The molecule has 4 aliphatic carbocycles. The zero-order valence-corrected chi connectivity index (χ0v) is 19.6. The molecule has 1 atom stereocenters. The zero-order valence-electron chi connectivity index (χ0n) is 18.8. The highest BCUT2D eigenvalue weighted by atomic mass is 32.2. The molecule has 0 spiro atoms. The summed E-state index contributed by atoms with van der Waals surface area (Å²) >= 11 is 0. The molecule has 1 aromatic carbocycles. The normalized spacial score (nSPS) is 32.5. The Hall–Kier alpha value is -2.04. The number of nitro groups is 1. The maximum Gasteiger partial charge on any atom is 0.312 e. The molecular weight excluding hydrogens is 448 g/mol. The Kier molecular flexibility index (Phi) is 5.73. The summed E-state index contributed by atoms with van der Waals surface area (Å²) in [7, 11) is -3.88. The van der Waals surface area contributed by atoms with Crippen LogP contribution in [0.1, 0.15) is 45.4 Å². The fourth-order valence-electron chi connectivity index (χ4n) is 6.92. The minimum Gasteiger partial charge on any atom is -0.476 e. The molecule has 33 heavy (non-hydrogen) atoms. The number of nitro benzene ring substituents is 1. The Morgan fingerprint density at radius 3 is 2.27 bits per heavy atom. The van der Waals surface area contributed by atoms with E-state index in [9.17, 15) is 23.3 Å². The van der Waals surface area contributed by atoms with Gasteiger partial charge in [0.05, 0.1) is 23.0 Å². The summed E-state index contributed by atoms with van der Waals surface area (Å²) in [6.07, 6.45) is 5.49. The Labute approximate surface area is 193 Å². The van der Waals surface area contributed by atoms with Gasteiger partial charge in [-0.05, 0) is 75.3 Å². The highest BCUT2D eigenvalue weighted by molar-refractivity contribution is 7.89. The van der Waals surface area contributed by atoms with Crippen LogP contribution >= 0.6 is 0 Å². The van der Waals surface area contributed by atoms with Crippen molar-refractivity contribution >= 4 is 21.5 Å². The molecule has 180 valence electrons. The molecule has 0 amide bonds. The van der Waals surface area contributed by atoms with Gasteiger partial charge in [-0.1, -0.05) is 0 Å². The second-order valence-corrected chi connectivity index (χ2v) is 12.2. The van der Waals surface area contributed by atoms with E-state index >= 15 is 0 Å². The van der Waals surface area contributed by atoms with Crippen LogP contribution in [0.25, 0.3) is 0 Å². The number of carbonyl (C=O) groups is 1. The van der Waals surface area contributed by atoms with Gasteiger partial charge in [-0.2, -0.15) is 4.31 Å². The van der Waals surface area contributed by atoms with Gasteiger partial charge in [-0.25, -0.2) is 8.42 Å². The van der Waals surface area contributed by atoms with Crippen LogP contribution in [-0.2, 0) is 19.6 Å². The molecule has 6 rings (SSSR count). The van der Waals surface area contributed by atoms with E-state index in [1.807, 2.05) is 0 Å². The lowest BCUT2D eigenvalue weighted by atomic mass is 9.48. The summed E-state index contributed by atoms with van der Waals surface area (Å²) in [6, 6.07) is 3.64. The van der Waals surface area contributed by atoms with Gasteiger partial charge >= 0.3 is 5.69 Å². The predicted molar refractivity (Wildman–Crippen MR) is 118 cm³/mol. The number of ether oxygens (including phenoxy) is 2. The second kappa shape index (κ2) is 8.32. The van der Waals surface area contributed by atoms with E-state index in [1.54, 1.807) is 6.92 Å². The Morgan fingerprint density at radius 2 is 1.73 bits per heavy atom. The molecule has 0 radical (unpaired) electrons. The monoisotopic (exact) mass is 478 g/mol. The van der Waals surface area contributed by atoms with Gasteiger partial charge in [0.15, 0.2) is 17.6 Å². The highest BCUT2D eigenvalue weighted by Gasteiger charge is 2.55. The average Bonchev–Trinajstić information content (AvgIpc) is 2.78. The van der Waals surface area contributed by atoms with Crippen LogP contribution in [0, 0.1) is 33.3 Å². The number of sulfonamides is 1.